The topological polar surface area (TPSA) is 430 Å². The number of amides is 8. The van der Waals surface area contributed by atoms with E-state index < -0.39 is 65.1 Å². The Hall–Kier alpha value is -10.2. The molecule has 32 nitrogen and oxygen atoms in total. The molecule has 4 bridgehead atoms. The van der Waals surface area contributed by atoms with Gasteiger partial charge in [0.15, 0.2) is 20.0 Å². The SMILES string of the molecule is CC[C@@H](Nc1cc(C)c(-c2sc(C(=O)NCC(C)(C)O)nc2C(=O)N2C3CCC2CC3)cn1)C1CC1.CC[C@H](Nc1cc(C)c(-c2sc(C(=O)NCC(C)(C)O)nc2C(=O)N2C3CCC2CC3)cn1)C1CC1.Cc1cc(NCC2(C)CC2)ncc1-c1sc(C(=O)NCC(C)(C)O)nc1C(=O)N1CC(F)(F)C[C@@H]1C.Cc1cc(NCC2(C)CC2)ncc1-c1sc(C(=O)NCC(C)(C)O)nc1C(=O)N1CCC[C@@H]1C. The summed E-state index contributed by atoms with van der Waals surface area (Å²) in [6.07, 6.45) is 28.8. The zero-order valence-corrected chi connectivity index (χ0v) is 88.5. The molecule has 0 spiro atoms. The second-order valence-electron chi connectivity index (χ2n) is 44.3. The maximum absolute atomic E-state index is 14.0. The first-order valence-corrected chi connectivity index (χ1v) is 53.8. The summed E-state index contributed by atoms with van der Waals surface area (Å²) in [4.78, 5) is 152. The van der Waals surface area contributed by atoms with Gasteiger partial charge in [-0.3, -0.25) is 38.4 Å². The predicted molar refractivity (Wildman–Crippen MR) is 552 cm³/mol. The van der Waals surface area contributed by atoms with Crippen LogP contribution in [0.5, 0.6) is 0 Å². The number of rotatable bonds is 34. The highest BCUT2D eigenvalue weighted by molar-refractivity contribution is 7.18. The average Bonchev–Trinajstić information content (AvgIpc) is 1.61. The number of pyridine rings is 4. The maximum Gasteiger partial charge on any atom is 0.280 e. The zero-order valence-electron chi connectivity index (χ0n) is 85.2. The number of hydrogen-bond donors (Lipinski definition) is 12. The van der Waals surface area contributed by atoms with Gasteiger partial charge in [-0.25, -0.2) is 48.7 Å². The third-order valence-electron chi connectivity index (χ3n) is 28.7. The van der Waals surface area contributed by atoms with Crippen molar-refractivity contribution >= 4 is 116 Å². The van der Waals surface area contributed by atoms with E-state index in [2.05, 4.69) is 110 Å². The number of carbonyl (C=O) groups excluding carboxylic acids is 8. The molecule has 8 aromatic heterocycles. The Morgan fingerprint density at radius 2 is 0.697 bits per heavy atom. The van der Waals surface area contributed by atoms with Gasteiger partial charge in [0.2, 0.25) is 0 Å². The third-order valence-corrected chi connectivity index (χ3v) is 33.1. The Bertz CT molecular complexity index is 5780. The van der Waals surface area contributed by atoms with Gasteiger partial charge >= 0.3 is 0 Å². The number of aliphatic hydroxyl groups is 4. The number of alkyl halides is 2. The van der Waals surface area contributed by atoms with Crippen LogP contribution in [0.2, 0.25) is 0 Å². The monoisotopic (exact) mass is 2030 g/mol. The van der Waals surface area contributed by atoms with E-state index in [1.165, 1.54) is 85.4 Å². The highest BCUT2D eigenvalue weighted by Crippen LogP contribution is 2.49. The minimum absolute atomic E-state index is 0.0134. The Morgan fingerprint density at radius 3 is 0.944 bits per heavy atom. The molecule has 768 valence electrons. The van der Waals surface area contributed by atoms with Crippen molar-refractivity contribution in [1.82, 2.24) is 80.7 Å². The minimum atomic E-state index is -2.97. The van der Waals surface area contributed by atoms with Gasteiger partial charge in [-0.15, -0.1) is 45.3 Å². The van der Waals surface area contributed by atoms with Gasteiger partial charge in [-0.2, -0.15) is 0 Å². The summed E-state index contributed by atoms with van der Waals surface area (Å²) in [5, 5.41) is 65.4. The first kappa shape index (κ1) is 106. The lowest BCUT2D eigenvalue weighted by molar-refractivity contribution is 0.0117. The largest absolute Gasteiger partial charge is 0.389 e. The number of likely N-dealkylation sites (tertiary alicyclic amines) is 2. The van der Waals surface area contributed by atoms with Crippen molar-refractivity contribution in [3.63, 3.8) is 0 Å². The van der Waals surface area contributed by atoms with Crippen LogP contribution in [0.15, 0.2) is 49.1 Å². The predicted octanol–water partition coefficient (Wildman–Crippen LogP) is 16.7. The number of thiazole rings is 4. The Balaban J connectivity index is 0.000000143. The van der Waals surface area contributed by atoms with Crippen molar-refractivity contribution < 1.29 is 67.6 Å². The fourth-order valence-corrected chi connectivity index (χ4v) is 23.6. The van der Waals surface area contributed by atoms with Crippen LogP contribution in [-0.4, -0.2) is 256 Å². The molecular formula is C104H142F2N20O12S4. The summed E-state index contributed by atoms with van der Waals surface area (Å²) in [5.74, 6) is -1.01. The molecule has 10 fully saturated rings. The molecule has 8 amide bonds. The molecule has 10 aliphatic rings. The summed E-state index contributed by atoms with van der Waals surface area (Å²) in [6.45, 7) is 35.3. The van der Waals surface area contributed by atoms with E-state index in [1.807, 2.05) is 73.6 Å². The van der Waals surface area contributed by atoms with E-state index in [9.17, 15) is 67.6 Å². The summed E-state index contributed by atoms with van der Waals surface area (Å²) in [5.41, 5.74) is 4.16. The Kier molecular flexibility index (Phi) is 32.0. The summed E-state index contributed by atoms with van der Waals surface area (Å²) in [7, 11) is 0. The van der Waals surface area contributed by atoms with Gasteiger partial charge in [0.1, 0.15) is 46.0 Å². The zero-order chi connectivity index (χ0) is 102. The number of fused-ring (bicyclic) bond motifs is 4. The smallest absolute Gasteiger partial charge is 0.280 e. The first-order chi connectivity index (χ1) is 66.9. The standard InChI is InChI=1S/2C27H37N5O3S.C25H33F2N5O3S.C25H35N5O3S/c2*1-5-20(16-6-7-16)30-21-12-15(2)19(13-28-21)23-22(26(34)32-17-8-9-18(32)11-10-17)31-25(36-23)24(33)29-14-27(3,4)35;1-14-8-17(29-12-24(5)6-7-24)28-10-16(14)19-18(22(34)32-13-25(26,27)9-15(32)2)31-21(36-19)20(33)30-11-23(3,4)35;1-15-11-18(27-14-25(5)8-9-25)26-12-17(15)20-19(23(32)30-10-6-7-16(30)2)29-22(34-20)21(31)28-13-24(3,4)33/h2*12-13,16-18,20,35H,5-11,14H2,1-4H3,(H,28,30)(H,29,33);8,10,15,35H,6-7,9,11-13H2,1-5H3,(H,28,29)(H,30,33);11-12,16,33H,6-10,13-14H2,1-5H3,(H,26,27)(H,28,31)/t2*17?,18?,20-;15-;16-/m1000/s1. The fraction of sp³-hybridized carbons (Fsp3) is 0.615. The molecular weight excluding hydrogens is 1890 g/mol. The molecule has 8 aromatic rings. The van der Waals surface area contributed by atoms with Crippen molar-refractivity contribution in [1.29, 1.82) is 0 Å². The molecule has 12 N–H and O–H groups in total. The van der Waals surface area contributed by atoms with E-state index >= 15 is 0 Å². The van der Waals surface area contributed by atoms with Gasteiger partial charge in [0, 0.05) is 148 Å². The molecule has 38 heteroatoms. The molecule has 14 heterocycles. The molecule has 4 aliphatic carbocycles. The second kappa shape index (κ2) is 42.8. The molecule has 0 aromatic carbocycles. The molecule has 6 saturated heterocycles. The van der Waals surface area contributed by atoms with Crippen molar-refractivity contribution in [2.24, 2.45) is 22.7 Å². The lowest BCUT2D eigenvalue weighted by Gasteiger charge is -2.22. The van der Waals surface area contributed by atoms with Gasteiger partial charge in [0.05, 0.1) is 48.5 Å². The van der Waals surface area contributed by atoms with Crippen molar-refractivity contribution in [2.75, 3.05) is 73.6 Å². The third kappa shape index (κ3) is 26.4. The van der Waals surface area contributed by atoms with Crippen LogP contribution in [0.25, 0.3) is 41.8 Å². The maximum atomic E-state index is 14.0. The number of nitrogens with zero attached hydrogens (tertiary/aromatic N) is 12. The van der Waals surface area contributed by atoms with Crippen molar-refractivity contribution in [3.8, 4) is 41.8 Å². The van der Waals surface area contributed by atoms with Crippen LogP contribution in [0.1, 0.15) is 335 Å². The lowest BCUT2D eigenvalue weighted by Crippen LogP contribution is -2.38. The van der Waals surface area contributed by atoms with Crippen LogP contribution >= 0.6 is 45.3 Å². The van der Waals surface area contributed by atoms with Crippen LogP contribution < -0.4 is 42.5 Å². The van der Waals surface area contributed by atoms with Gasteiger partial charge in [-0.05, 0) is 295 Å². The first-order valence-electron chi connectivity index (χ1n) is 50.5. The second-order valence-corrected chi connectivity index (χ2v) is 48.3. The number of anilines is 4. The summed E-state index contributed by atoms with van der Waals surface area (Å²) >= 11 is 4.65. The van der Waals surface area contributed by atoms with E-state index in [1.54, 1.807) is 87.1 Å². The molecule has 4 atom stereocenters. The summed E-state index contributed by atoms with van der Waals surface area (Å²) in [6, 6.07) is 9.33. The van der Waals surface area contributed by atoms with Gasteiger partial charge in [-0.1, -0.05) is 27.7 Å². The highest BCUT2D eigenvalue weighted by atomic mass is 32.1. The number of carbonyl (C=O) groups is 8. The Labute approximate surface area is 847 Å². The fourth-order valence-electron chi connectivity index (χ4n) is 19.4. The number of aryl methyl sites for hydroxylation is 4. The molecule has 6 aliphatic heterocycles. The van der Waals surface area contributed by atoms with Crippen LogP contribution in [-0.2, 0) is 0 Å². The van der Waals surface area contributed by atoms with Crippen LogP contribution in [0.3, 0.4) is 0 Å². The van der Waals surface area contributed by atoms with Crippen LogP contribution in [0.4, 0.5) is 32.1 Å². The number of aromatic nitrogens is 8. The molecule has 4 saturated carbocycles. The number of nitrogens with one attached hydrogen (secondary N) is 8. The summed E-state index contributed by atoms with van der Waals surface area (Å²) < 4.78 is 28.1. The Morgan fingerprint density at radius 1 is 0.415 bits per heavy atom. The highest BCUT2D eigenvalue weighted by Gasteiger charge is 2.50. The van der Waals surface area contributed by atoms with Gasteiger partial charge < -0.3 is 82.6 Å². The molecule has 0 unspecified atom stereocenters. The minimum Gasteiger partial charge on any atom is -0.389 e. The quantitative estimate of drug-likeness (QED) is 0.0178. The van der Waals surface area contributed by atoms with E-state index in [4.69, 9.17) is 0 Å². The van der Waals surface area contributed by atoms with Crippen molar-refractivity contribution in [2.45, 2.75) is 336 Å². The molecule has 142 heavy (non-hydrogen) atoms. The van der Waals surface area contributed by atoms with Crippen molar-refractivity contribution in [3.05, 3.63) is 114 Å². The number of halogens is 2. The van der Waals surface area contributed by atoms with E-state index in [-0.39, 0.29) is 112 Å². The van der Waals surface area contributed by atoms with Gasteiger partial charge in [0.25, 0.3) is 53.2 Å². The normalized spacial score (nSPS) is 21.0. The lowest BCUT2D eigenvalue weighted by atomic mass is 10.0. The molecule has 0 radical (unpaired) electrons. The average molecular weight is 2030 g/mol. The van der Waals surface area contributed by atoms with Crippen LogP contribution in [0, 0.1) is 50.4 Å². The number of hydrogen-bond acceptors (Lipinski definition) is 28. The molecule has 18 rings (SSSR count). The van der Waals surface area contributed by atoms with E-state index in [0.717, 1.165) is 175 Å². The van der Waals surface area contributed by atoms with E-state index in [0.29, 0.717) is 77.4 Å².